The third-order valence-corrected chi connectivity index (χ3v) is 3.34. The number of benzene rings is 1. The highest BCUT2D eigenvalue weighted by molar-refractivity contribution is 6.08. The third kappa shape index (κ3) is 3.60. The van der Waals surface area contributed by atoms with E-state index in [1.54, 1.807) is 6.08 Å². The van der Waals surface area contributed by atoms with Gasteiger partial charge in [-0.2, -0.15) is 0 Å². The van der Waals surface area contributed by atoms with Gasteiger partial charge in [-0.25, -0.2) is 9.79 Å². The van der Waals surface area contributed by atoms with Gasteiger partial charge in [0.2, 0.25) is 5.90 Å². The number of aliphatic imine (C=N–C) groups is 1. The van der Waals surface area contributed by atoms with Crippen LogP contribution in [0.25, 0.3) is 6.08 Å². The third-order valence-electron chi connectivity index (χ3n) is 3.34. The van der Waals surface area contributed by atoms with Crippen molar-refractivity contribution < 1.29 is 9.53 Å². The Balaban J connectivity index is 2.28. The van der Waals surface area contributed by atoms with Crippen LogP contribution >= 0.6 is 0 Å². The first-order valence-corrected chi connectivity index (χ1v) is 7.21. The molecule has 0 radical (unpaired) electrons. The van der Waals surface area contributed by atoms with Crippen molar-refractivity contribution in [1.82, 2.24) is 0 Å². The summed E-state index contributed by atoms with van der Waals surface area (Å²) in [6.07, 6.45) is 1.77. The second kappa shape index (κ2) is 5.14. The van der Waals surface area contributed by atoms with Crippen LogP contribution in [0.5, 0.6) is 0 Å². The van der Waals surface area contributed by atoms with Crippen LogP contribution in [0.2, 0.25) is 0 Å². The van der Waals surface area contributed by atoms with Crippen LogP contribution in [0.15, 0.2) is 35.0 Å². The maximum atomic E-state index is 11.9. The molecule has 3 nitrogen and oxygen atoms in total. The Morgan fingerprint density at radius 2 is 1.52 bits per heavy atom. The van der Waals surface area contributed by atoms with Crippen LogP contribution in [0.3, 0.4) is 0 Å². The van der Waals surface area contributed by atoms with Gasteiger partial charge in [-0.05, 0) is 22.6 Å². The molecule has 0 fully saturated rings. The number of cyclic esters (lactones) is 1. The van der Waals surface area contributed by atoms with Gasteiger partial charge >= 0.3 is 5.97 Å². The van der Waals surface area contributed by atoms with Gasteiger partial charge in [0.15, 0.2) is 5.70 Å². The maximum absolute atomic E-state index is 11.9. The smallest absolute Gasteiger partial charge is 0.363 e. The standard InChI is InChI=1S/C18H23NO2/c1-17(2,3)13-9-7-12(8-10-13)11-14-15(20)21-16(19-14)18(4,5)6/h7-11H,1-6H3/b14-11+. The fraction of sp³-hybridized carbons (Fsp3) is 0.444. The van der Waals surface area contributed by atoms with E-state index in [4.69, 9.17) is 4.74 Å². The predicted octanol–water partition coefficient (Wildman–Crippen LogP) is 4.33. The van der Waals surface area contributed by atoms with Crippen LogP contribution < -0.4 is 0 Å². The SMILES string of the molecule is CC(C)(C)C1=N/C(=C/c2ccc(C(C)(C)C)cc2)C(=O)O1. The molecule has 0 amide bonds. The van der Waals surface area contributed by atoms with E-state index in [0.717, 1.165) is 5.56 Å². The molecule has 0 N–H and O–H groups in total. The van der Waals surface area contributed by atoms with Crippen molar-refractivity contribution in [3.8, 4) is 0 Å². The van der Waals surface area contributed by atoms with Gasteiger partial charge in [0.05, 0.1) is 0 Å². The fourth-order valence-electron chi connectivity index (χ4n) is 1.97. The van der Waals surface area contributed by atoms with E-state index < -0.39 is 0 Å². The van der Waals surface area contributed by atoms with E-state index in [9.17, 15) is 4.79 Å². The number of esters is 1. The number of carbonyl (C=O) groups is 1. The highest BCUT2D eigenvalue weighted by Crippen LogP contribution is 2.26. The minimum Gasteiger partial charge on any atom is -0.406 e. The fourth-order valence-corrected chi connectivity index (χ4v) is 1.97. The Morgan fingerprint density at radius 1 is 0.952 bits per heavy atom. The molecule has 0 bridgehead atoms. The van der Waals surface area contributed by atoms with Crippen molar-refractivity contribution in [2.45, 2.75) is 47.0 Å². The monoisotopic (exact) mass is 285 g/mol. The summed E-state index contributed by atoms with van der Waals surface area (Å²) >= 11 is 0. The molecule has 112 valence electrons. The predicted molar refractivity (Wildman–Crippen MR) is 86.1 cm³/mol. The lowest BCUT2D eigenvalue weighted by molar-refractivity contribution is -0.130. The second-order valence-electron chi connectivity index (χ2n) is 7.46. The number of hydrogen-bond acceptors (Lipinski definition) is 3. The molecular formula is C18H23NO2. The Labute approximate surface area is 126 Å². The number of hydrogen-bond donors (Lipinski definition) is 0. The zero-order valence-corrected chi connectivity index (χ0v) is 13.7. The quantitative estimate of drug-likeness (QED) is 0.569. The Bertz CT molecular complexity index is 608. The van der Waals surface area contributed by atoms with Crippen LogP contribution in [0.1, 0.15) is 52.7 Å². The number of ether oxygens (including phenoxy) is 1. The topological polar surface area (TPSA) is 38.7 Å². The molecule has 3 heteroatoms. The van der Waals surface area contributed by atoms with E-state index in [1.165, 1.54) is 5.56 Å². The van der Waals surface area contributed by atoms with Gasteiger partial charge in [0.25, 0.3) is 0 Å². The summed E-state index contributed by atoms with van der Waals surface area (Å²) in [5.41, 5.74) is 2.44. The van der Waals surface area contributed by atoms with Crippen molar-refractivity contribution >= 4 is 17.9 Å². The van der Waals surface area contributed by atoms with E-state index >= 15 is 0 Å². The van der Waals surface area contributed by atoms with Crippen molar-refractivity contribution in [3.63, 3.8) is 0 Å². The van der Waals surface area contributed by atoms with Gasteiger partial charge in [-0.1, -0.05) is 65.8 Å². The summed E-state index contributed by atoms with van der Waals surface area (Å²) < 4.78 is 5.23. The summed E-state index contributed by atoms with van der Waals surface area (Å²) in [6.45, 7) is 12.4. The molecule has 0 atom stereocenters. The molecule has 0 aromatic heterocycles. The van der Waals surface area contributed by atoms with E-state index in [1.807, 2.05) is 32.9 Å². The van der Waals surface area contributed by atoms with E-state index in [2.05, 4.69) is 37.9 Å². The summed E-state index contributed by atoms with van der Waals surface area (Å²) in [6, 6.07) is 8.18. The first-order valence-electron chi connectivity index (χ1n) is 7.21. The Kier molecular flexibility index (Phi) is 3.79. The zero-order chi connectivity index (χ0) is 15.8. The van der Waals surface area contributed by atoms with Crippen LogP contribution in [-0.2, 0) is 14.9 Å². The number of nitrogens with zero attached hydrogens (tertiary/aromatic N) is 1. The van der Waals surface area contributed by atoms with Crippen molar-refractivity contribution in [1.29, 1.82) is 0 Å². The molecule has 0 unspecified atom stereocenters. The molecule has 0 aliphatic carbocycles. The molecular weight excluding hydrogens is 262 g/mol. The van der Waals surface area contributed by atoms with Crippen molar-refractivity contribution in [3.05, 3.63) is 41.1 Å². The lowest BCUT2D eigenvalue weighted by atomic mass is 9.87. The average Bonchev–Trinajstić information content (AvgIpc) is 2.70. The molecule has 1 aromatic carbocycles. The lowest BCUT2D eigenvalue weighted by Crippen LogP contribution is -2.21. The Morgan fingerprint density at radius 3 is 1.95 bits per heavy atom. The van der Waals surface area contributed by atoms with Gasteiger partial charge in [-0.15, -0.1) is 0 Å². The van der Waals surface area contributed by atoms with Gasteiger partial charge in [-0.3, -0.25) is 0 Å². The normalized spacial score (nSPS) is 17.9. The highest BCUT2D eigenvalue weighted by Gasteiger charge is 2.31. The van der Waals surface area contributed by atoms with E-state index in [-0.39, 0.29) is 16.8 Å². The van der Waals surface area contributed by atoms with Crippen LogP contribution in [-0.4, -0.2) is 11.9 Å². The highest BCUT2D eigenvalue weighted by atomic mass is 16.6. The van der Waals surface area contributed by atoms with Crippen LogP contribution in [0.4, 0.5) is 0 Å². The number of rotatable bonds is 1. The molecule has 21 heavy (non-hydrogen) atoms. The van der Waals surface area contributed by atoms with Crippen LogP contribution in [0, 0.1) is 5.41 Å². The van der Waals surface area contributed by atoms with Gasteiger partial charge in [0, 0.05) is 5.41 Å². The molecule has 2 rings (SSSR count). The summed E-state index contributed by atoms with van der Waals surface area (Å²) in [4.78, 5) is 16.2. The van der Waals surface area contributed by atoms with E-state index in [0.29, 0.717) is 11.6 Å². The zero-order valence-electron chi connectivity index (χ0n) is 13.7. The largest absolute Gasteiger partial charge is 0.406 e. The molecule has 1 aromatic rings. The summed E-state index contributed by atoms with van der Waals surface area (Å²) in [5.74, 6) is 0.102. The molecule has 0 saturated carbocycles. The number of carbonyl (C=O) groups excluding carboxylic acids is 1. The first-order chi connectivity index (χ1) is 9.57. The lowest BCUT2D eigenvalue weighted by Gasteiger charge is -2.18. The molecule has 1 aliphatic heterocycles. The average molecular weight is 285 g/mol. The Hall–Kier alpha value is -1.90. The minimum absolute atomic E-state index is 0.121. The van der Waals surface area contributed by atoms with Gasteiger partial charge < -0.3 is 4.74 Å². The van der Waals surface area contributed by atoms with Crippen molar-refractivity contribution in [2.24, 2.45) is 10.4 Å². The molecule has 0 spiro atoms. The summed E-state index contributed by atoms with van der Waals surface area (Å²) in [5, 5.41) is 0. The van der Waals surface area contributed by atoms with Crippen molar-refractivity contribution in [2.75, 3.05) is 0 Å². The molecule has 1 heterocycles. The molecule has 0 saturated heterocycles. The molecule has 1 aliphatic rings. The first kappa shape index (κ1) is 15.5. The minimum atomic E-state index is -0.375. The van der Waals surface area contributed by atoms with Gasteiger partial charge in [0.1, 0.15) is 0 Å². The second-order valence-corrected chi connectivity index (χ2v) is 7.46. The maximum Gasteiger partial charge on any atom is 0.363 e. The summed E-state index contributed by atoms with van der Waals surface area (Å²) in [7, 11) is 0.